The molecule has 0 radical (unpaired) electrons. The molecule has 0 aromatic heterocycles. The second-order valence-electron chi connectivity index (χ2n) is 9.66. The average Bonchev–Trinajstić information content (AvgIpc) is 2.94. The SMILES string of the molecule is Cc1ccc(N(c2ccc(C)cc2)c2ccc(/C=C/c3c4ccccc4cc4ccccc34)cc2)cc1. The van der Waals surface area contributed by atoms with E-state index in [0.29, 0.717) is 0 Å². The van der Waals surface area contributed by atoms with Gasteiger partial charge in [0.15, 0.2) is 0 Å². The lowest BCUT2D eigenvalue weighted by atomic mass is 9.96. The van der Waals surface area contributed by atoms with Gasteiger partial charge in [0, 0.05) is 17.1 Å². The van der Waals surface area contributed by atoms with Crippen molar-refractivity contribution in [3.05, 3.63) is 150 Å². The Morgan fingerprint density at radius 2 is 0.892 bits per heavy atom. The fourth-order valence-electron chi connectivity index (χ4n) is 4.98. The Balaban J connectivity index is 1.38. The standard InChI is InChI=1S/C36H29N/c1-26-11-18-31(19-12-26)37(32-20-13-27(2)14-21-32)33-22-15-28(16-23-33)17-24-36-34-9-5-3-7-29(34)25-30-8-4-6-10-35(30)36/h3-25H,1-2H3/b24-17+. The van der Waals surface area contributed by atoms with Crippen molar-refractivity contribution in [1.29, 1.82) is 0 Å². The van der Waals surface area contributed by atoms with E-state index in [9.17, 15) is 0 Å². The molecule has 37 heavy (non-hydrogen) atoms. The highest BCUT2D eigenvalue weighted by Crippen LogP contribution is 2.35. The first-order valence-electron chi connectivity index (χ1n) is 12.8. The van der Waals surface area contributed by atoms with Crippen LogP contribution in [0.3, 0.4) is 0 Å². The van der Waals surface area contributed by atoms with Crippen LogP contribution in [0.4, 0.5) is 17.1 Å². The fraction of sp³-hybridized carbons (Fsp3) is 0.0556. The molecule has 6 rings (SSSR count). The third-order valence-corrected chi connectivity index (χ3v) is 6.99. The molecule has 0 spiro atoms. The second-order valence-corrected chi connectivity index (χ2v) is 9.66. The van der Waals surface area contributed by atoms with Crippen molar-refractivity contribution in [3.63, 3.8) is 0 Å². The summed E-state index contributed by atoms with van der Waals surface area (Å²) in [5.74, 6) is 0. The maximum Gasteiger partial charge on any atom is 0.0462 e. The first kappa shape index (κ1) is 22.8. The van der Waals surface area contributed by atoms with Crippen LogP contribution in [0.15, 0.2) is 127 Å². The summed E-state index contributed by atoms with van der Waals surface area (Å²) in [6.07, 6.45) is 4.48. The number of anilines is 3. The van der Waals surface area contributed by atoms with Gasteiger partial charge >= 0.3 is 0 Å². The number of hydrogen-bond acceptors (Lipinski definition) is 1. The number of nitrogens with zero attached hydrogens (tertiary/aromatic N) is 1. The zero-order chi connectivity index (χ0) is 25.2. The first-order valence-corrected chi connectivity index (χ1v) is 12.8. The van der Waals surface area contributed by atoms with Gasteiger partial charge in [-0.1, -0.05) is 108 Å². The molecular weight excluding hydrogens is 446 g/mol. The Morgan fingerprint density at radius 1 is 0.459 bits per heavy atom. The minimum Gasteiger partial charge on any atom is -0.311 e. The van der Waals surface area contributed by atoms with Crippen LogP contribution in [-0.4, -0.2) is 0 Å². The van der Waals surface area contributed by atoms with Crippen molar-refractivity contribution < 1.29 is 0 Å². The molecule has 0 aliphatic carbocycles. The minimum absolute atomic E-state index is 1.14. The summed E-state index contributed by atoms with van der Waals surface area (Å²) >= 11 is 0. The van der Waals surface area contributed by atoms with Crippen LogP contribution in [-0.2, 0) is 0 Å². The predicted molar refractivity (Wildman–Crippen MR) is 161 cm³/mol. The van der Waals surface area contributed by atoms with Gasteiger partial charge in [0.25, 0.3) is 0 Å². The normalized spacial score (nSPS) is 11.4. The van der Waals surface area contributed by atoms with E-state index in [1.165, 1.54) is 43.8 Å². The van der Waals surface area contributed by atoms with Crippen LogP contribution in [0.5, 0.6) is 0 Å². The van der Waals surface area contributed by atoms with Crippen LogP contribution < -0.4 is 4.90 Å². The lowest BCUT2D eigenvalue weighted by Gasteiger charge is -2.25. The van der Waals surface area contributed by atoms with E-state index in [2.05, 4.69) is 158 Å². The van der Waals surface area contributed by atoms with Crippen LogP contribution in [0.2, 0.25) is 0 Å². The zero-order valence-corrected chi connectivity index (χ0v) is 21.2. The molecule has 0 aliphatic rings. The van der Waals surface area contributed by atoms with Crippen LogP contribution in [0.25, 0.3) is 33.7 Å². The van der Waals surface area contributed by atoms with Gasteiger partial charge in [-0.05, 0) is 89.0 Å². The topological polar surface area (TPSA) is 3.24 Å². The molecule has 0 unspecified atom stereocenters. The minimum atomic E-state index is 1.14. The molecule has 0 bridgehead atoms. The molecule has 0 aliphatic heterocycles. The van der Waals surface area contributed by atoms with E-state index in [-0.39, 0.29) is 0 Å². The van der Waals surface area contributed by atoms with E-state index in [1.54, 1.807) is 0 Å². The summed E-state index contributed by atoms with van der Waals surface area (Å²) in [7, 11) is 0. The molecule has 0 N–H and O–H groups in total. The van der Waals surface area contributed by atoms with Gasteiger partial charge in [-0.3, -0.25) is 0 Å². The highest BCUT2D eigenvalue weighted by atomic mass is 15.1. The number of aryl methyl sites for hydroxylation is 2. The third kappa shape index (κ3) is 4.64. The fourth-order valence-corrected chi connectivity index (χ4v) is 4.98. The maximum absolute atomic E-state index is 2.31. The van der Waals surface area contributed by atoms with Gasteiger partial charge in [-0.15, -0.1) is 0 Å². The molecule has 178 valence electrons. The summed E-state index contributed by atoms with van der Waals surface area (Å²) < 4.78 is 0. The van der Waals surface area contributed by atoms with Gasteiger partial charge < -0.3 is 4.90 Å². The summed E-state index contributed by atoms with van der Waals surface area (Å²) in [6, 6.07) is 45.8. The Labute approximate surface area is 218 Å². The first-order chi connectivity index (χ1) is 18.2. The van der Waals surface area contributed by atoms with Gasteiger partial charge in [0.2, 0.25) is 0 Å². The molecule has 0 saturated carbocycles. The molecule has 0 saturated heterocycles. The largest absolute Gasteiger partial charge is 0.311 e. The smallest absolute Gasteiger partial charge is 0.0462 e. The van der Waals surface area contributed by atoms with Gasteiger partial charge in [-0.25, -0.2) is 0 Å². The Hall–Kier alpha value is -4.62. The van der Waals surface area contributed by atoms with Gasteiger partial charge in [0.05, 0.1) is 0 Å². The maximum atomic E-state index is 2.31. The van der Waals surface area contributed by atoms with Crippen LogP contribution in [0, 0.1) is 13.8 Å². The van der Waals surface area contributed by atoms with Crippen molar-refractivity contribution >= 4 is 50.8 Å². The Morgan fingerprint density at radius 3 is 1.38 bits per heavy atom. The summed E-state index contributed by atoms with van der Waals surface area (Å²) in [4.78, 5) is 2.31. The summed E-state index contributed by atoms with van der Waals surface area (Å²) in [6.45, 7) is 4.25. The average molecular weight is 476 g/mol. The van der Waals surface area contributed by atoms with Crippen molar-refractivity contribution in [2.24, 2.45) is 0 Å². The highest BCUT2D eigenvalue weighted by Gasteiger charge is 2.12. The third-order valence-electron chi connectivity index (χ3n) is 6.99. The lowest BCUT2D eigenvalue weighted by molar-refractivity contribution is 1.27. The predicted octanol–water partition coefficient (Wildman–Crippen LogP) is 10.3. The molecule has 6 aromatic rings. The number of fused-ring (bicyclic) bond motifs is 2. The number of hydrogen-bond donors (Lipinski definition) is 0. The molecule has 1 heteroatoms. The molecule has 0 amide bonds. The highest BCUT2D eigenvalue weighted by molar-refractivity contribution is 6.07. The number of rotatable bonds is 5. The Bertz CT molecular complexity index is 1610. The number of benzene rings is 6. The van der Waals surface area contributed by atoms with Crippen LogP contribution in [0.1, 0.15) is 22.3 Å². The van der Waals surface area contributed by atoms with Crippen LogP contribution >= 0.6 is 0 Å². The summed E-state index contributed by atoms with van der Waals surface area (Å²) in [5.41, 5.74) is 8.40. The second kappa shape index (κ2) is 9.79. The van der Waals surface area contributed by atoms with Gasteiger partial charge in [0.1, 0.15) is 0 Å². The zero-order valence-electron chi connectivity index (χ0n) is 21.2. The molecule has 6 aromatic carbocycles. The van der Waals surface area contributed by atoms with Gasteiger partial charge in [-0.2, -0.15) is 0 Å². The Kier molecular flexibility index (Phi) is 6.04. The molecule has 0 heterocycles. The monoisotopic (exact) mass is 475 g/mol. The van der Waals surface area contributed by atoms with E-state index < -0.39 is 0 Å². The van der Waals surface area contributed by atoms with E-state index in [4.69, 9.17) is 0 Å². The quantitative estimate of drug-likeness (QED) is 0.177. The molecule has 1 nitrogen and oxygen atoms in total. The lowest BCUT2D eigenvalue weighted by Crippen LogP contribution is -2.09. The van der Waals surface area contributed by atoms with E-state index in [1.807, 2.05) is 0 Å². The van der Waals surface area contributed by atoms with Crippen molar-refractivity contribution in [1.82, 2.24) is 0 Å². The molecule has 0 fully saturated rings. The summed E-state index contributed by atoms with van der Waals surface area (Å²) in [5, 5.41) is 5.09. The van der Waals surface area contributed by atoms with Crippen molar-refractivity contribution in [2.75, 3.05) is 4.90 Å². The van der Waals surface area contributed by atoms with Crippen molar-refractivity contribution in [2.45, 2.75) is 13.8 Å². The van der Waals surface area contributed by atoms with E-state index in [0.717, 1.165) is 17.1 Å². The van der Waals surface area contributed by atoms with E-state index >= 15 is 0 Å². The molecule has 0 atom stereocenters. The van der Waals surface area contributed by atoms with Crippen molar-refractivity contribution in [3.8, 4) is 0 Å². The molecular formula is C36H29N.